The molecule has 2 amide bonds. The molecule has 0 unspecified atom stereocenters. The Labute approximate surface area is 399 Å². The van der Waals surface area contributed by atoms with Gasteiger partial charge in [-0.05, 0) is 98.8 Å². The van der Waals surface area contributed by atoms with Crippen LogP contribution in [0.5, 0.6) is 28.3 Å². The SMILES string of the molecule is CC(C)N(C(=O)COc1nnc(C(F)(F)F)s1)c1ccc(F)cc1.Nc1c([N+](=O)[O-])ccc(Oc2ccccc2)c1Cl.O=C(Nc1ccc(F)cc1F)c1cccnc1Oc1cccc(C(F)(F)F)c1. The lowest BCUT2D eigenvalue weighted by atomic mass is 10.2. The van der Waals surface area contributed by atoms with Crippen LogP contribution in [0.15, 0.2) is 128 Å². The molecule has 25 heteroatoms. The zero-order valence-corrected chi connectivity index (χ0v) is 37.3. The van der Waals surface area contributed by atoms with Crippen LogP contribution >= 0.6 is 22.9 Å². The third-order valence-electron chi connectivity index (χ3n) is 8.72. The van der Waals surface area contributed by atoms with E-state index in [0.717, 1.165) is 30.3 Å². The maximum absolute atomic E-state index is 13.7. The van der Waals surface area contributed by atoms with Gasteiger partial charge in [-0.3, -0.25) is 19.7 Å². The highest BCUT2D eigenvalue weighted by Gasteiger charge is 2.36. The predicted octanol–water partition coefficient (Wildman–Crippen LogP) is 12.6. The number of carbonyl (C=O) groups excluding carboxylic acids is 2. The fourth-order valence-corrected chi connectivity index (χ4v) is 6.36. The fourth-order valence-electron chi connectivity index (χ4n) is 5.60. The van der Waals surface area contributed by atoms with Crippen LogP contribution in [0.4, 0.5) is 62.3 Å². The average Bonchev–Trinajstić information content (AvgIpc) is 3.80. The number of rotatable bonds is 12. The van der Waals surface area contributed by atoms with Crippen LogP contribution in [0.3, 0.4) is 0 Å². The van der Waals surface area contributed by atoms with E-state index in [2.05, 4.69) is 20.5 Å². The molecule has 7 rings (SSSR count). The van der Waals surface area contributed by atoms with Crippen molar-refractivity contribution in [3.8, 4) is 28.3 Å². The van der Waals surface area contributed by atoms with Crippen molar-refractivity contribution in [3.63, 3.8) is 0 Å². The lowest BCUT2D eigenvalue weighted by Crippen LogP contribution is -2.40. The molecule has 2 aromatic heterocycles. The second-order valence-electron chi connectivity index (χ2n) is 14.0. The van der Waals surface area contributed by atoms with E-state index in [1.54, 1.807) is 38.1 Å². The Morgan fingerprint density at radius 2 is 1.49 bits per heavy atom. The Balaban J connectivity index is 0.000000200. The van der Waals surface area contributed by atoms with E-state index >= 15 is 0 Å². The summed E-state index contributed by atoms with van der Waals surface area (Å²) in [5.74, 6) is -3.18. The molecule has 0 atom stereocenters. The molecule has 0 saturated heterocycles. The number of nitrogens with zero attached hydrogens (tertiary/aromatic N) is 5. The number of benzene rings is 5. The summed E-state index contributed by atoms with van der Waals surface area (Å²) in [6.45, 7) is 2.98. The molecule has 0 fully saturated rings. The van der Waals surface area contributed by atoms with Gasteiger partial charge in [0.05, 0.1) is 16.2 Å². The van der Waals surface area contributed by atoms with Crippen LogP contribution in [0.1, 0.15) is 34.8 Å². The number of anilines is 3. The first-order chi connectivity index (χ1) is 33.0. The van der Waals surface area contributed by atoms with Crippen LogP contribution in [0, 0.1) is 27.6 Å². The zero-order valence-electron chi connectivity index (χ0n) is 35.8. The molecule has 3 N–H and O–H groups in total. The van der Waals surface area contributed by atoms with Crippen molar-refractivity contribution in [2.75, 3.05) is 22.6 Å². The van der Waals surface area contributed by atoms with Crippen molar-refractivity contribution in [2.45, 2.75) is 32.2 Å². The number of ether oxygens (including phenoxy) is 3. The standard InChI is InChI=1S/C19H11F5N2O2.C14H13F4N3O2S.C12H9ClN2O3/c20-12-6-7-16(15(21)10-12)26-17(27)14-5-2-8-25-18(14)28-13-4-1-3-11(9-13)19(22,23)24;1-8(2)21(10-5-3-9(15)4-6-10)11(22)7-23-13-20-19-12(24-13)14(16,17)18;13-11-10(18-8-4-2-1-3-5-8)7-6-9(12(11)14)15(16)17/h1-10H,(H,26,27);3-6,8H,7H2,1-2H3;1-7H,14H2. The van der Waals surface area contributed by atoms with E-state index in [9.17, 15) is 59.2 Å². The van der Waals surface area contributed by atoms with E-state index in [1.807, 2.05) is 6.07 Å². The van der Waals surface area contributed by atoms with E-state index in [4.69, 9.17) is 31.5 Å². The molecule has 0 bridgehead atoms. The average molecular weight is 1020 g/mol. The molecule has 366 valence electrons. The Hall–Kier alpha value is -7.99. The molecule has 2 heterocycles. The molecule has 7 aromatic rings. The number of alkyl halides is 6. The van der Waals surface area contributed by atoms with Crippen molar-refractivity contribution in [1.29, 1.82) is 0 Å². The quantitative estimate of drug-likeness (QED) is 0.0513. The molecule has 0 aliphatic rings. The maximum atomic E-state index is 13.7. The normalized spacial score (nSPS) is 11.0. The number of nitrogens with one attached hydrogen (secondary N) is 1. The van der Waals surface area contributed by atoms with Crippen LogP contribution < -0.4 is 30.2 Å². The zero-order chi connectivity index (χ0) is 51.3. The fraction of sp³-hybridized carbons (Fsp3) is 0.133. The molecule has 70 heavy (non-hydrogen) atoms. The molecule has 0 radical (unpaired) electrons. The molecule has 0 saturated carbocycles. The summed E-state index contributed by atoms with van der Waals surface area (Å²) >= 11 is 6.15. The topological polar surface area (TPSA) is 185 Å². The number of para-hydroxylation sites is 1. The summed E-state index contributed by atoms with van der Waals surface area (Å²) in [6, 6.07) is 26.0. The van der Waals surface area contributed by atoms with Gasteiger partial charge in [0.25, 0.3) is 22.7 Å². The second-order valence-corrected chi connectivity index (χ2v) is 15.4. The van der Waals surface area contributed by atoms with Crippen LogP contribution in [0.2, 0.25) is 5.02 Å². The van der Waals surface area contributed by atoms with Gasteiger partial charge in [0.2, 0.25) is 10.9 Å². The smallest absolute Gasteiger partial charge is 0.445 e. The first kappa shape index (κ1) is 53.0. The van der Waals surface area contributed by atoms with Crippen molar-refractivity contribution < 1.29 is 68.2 Å². The number of carbonyl (C=O) groups is 2. The minimum absolute atomic E-state index is 0.0352. The molecular formula is C45H33ClF9N7O7S. The number of hydrogen-bond donors (Lipinski definition) is 2. The Bertz CT molecular complexity index is 2930. The minimum Gasteiger partial charge on any atom is -0.459 e. The van der Waals surface area contributed by atoms with Gasteiger partial charge in [-0.1, -0.05) is 52.3 Å². The first-order valence-electron chi connectivity index (χ1n) is 19.6. The number of nitrogen functional groups attached to an aromatic ring is 1. The molecule has 5 aromatic carbocycles. The number of aromatic nitrogens is 3. The summed E-state index contributed by atoms with van der Waals surface area (Å²) in [5.41, 5.74) is 4.34. The lowest BCUT2D eigenvalue weighted by Gasteiger charge is -2.26. The van der Waals surface area contributed by atoms with Crippen LogP contribution in [-0.2, 0) is 17.1 Å². The molecule has 0 aliphatic heterocycles. The molecule has 0 aliphatic carbocycles. The highest BCUT2D eigenvalue weighted by Crippen LogP contribution is 2.39. The number of nitro benzene ring substituents is 1. The maximum Gasteiger partial charge on any atom is 0.445 e. The second kappa shape index (κ2) is 23.3. The van der Waals surface area contributed by atoms with E-state index in [0.29, 0.717) is 17.5 Å². The third-order valence-corrected chi connectivity index (χ3v) is 9.99. The monoisotopic (exact) mass is 1020 g/mol. The van der Waals surface area contributed by atoms with Gasteiger partial charge in [-0.15, -0.1) is 5.10 Å². The van der Waals surface area contributed by atoms with Gasteiger partial charge >= 0.3 is 12.4 Å². The molecular weight excluding hydrogens is 989 g/mol. The van der Waals surface area contributed by atoms with E-state index in [-0.39, 0.29) is 67.6 Å². The van der Waals surface area contributed by atoms with Crippen LogP contribution in [-0.4, -0.2) is 44.6 Å². The Morgan fingerprint density at radius 1 is 0.814 bits per heavy atom. The largest absolute Gasteiger partial charge is 0.459 e. The van der Waals surface area contributed by atoms with Gasteiger partial charge in [-0.2, -0.15) is 26.3 Å². The van der Waals surface area contributed by atoms with E-state index < -0.39 is 63.7 Å². The summed E-state index contributed by atoms with van der Waals surface area (Å²) in [4.78, 5) is 40.0. The summed E-state index contributed by atoms with van der Waals surface area (Å²) in [7, 11) is 0. The number of amides is 2. The van der Waals surface area contributed by atoms with Crippen molar-refractivity contribution in [3.05, 3.63) is 176 Å². The number of hydrogen-bond acceptors (Lipinski definition) is 12. The van der Waals surface area contributed by atoms with E-state index in [1.165, 1.54) is 65.7 Å². The summed E-state index contributed by atoms with van der Waals surface area (Å²) in [5, 5.41) is 17.7. The Kier molecular flexibility index (Phi) is 17.7. The molecule has 14 nitrogen and oxygen atoms in total. The minimum atomic E-state index is -4.61. The first-order valence-corrected chi connectivity index (χ1v) is 20.8. The third kappa shape index (κ3) is 14.8. The summed E-state index contributed by atoms with van der Waals surface area (Å²) < 4.78 is 131. The highest BCUT2D eigenvalue weighted by molar-refractivity contribution is 7.13. The van der Waals surface area contributed by atoms with Crippen LogP contribution in [0.25, 0.3) is 0 Å². The van der Waals surface area contributed by atoms with Crippen molar-refractivity contribution in [1.82, 2.24) is 15.2 Å². The number of nitro groups is 1. The van der Waals surface area contributed by atoms with Gasteiger partial charge in [0.15, 0.2) is 6.61 Å². The molecule has 0 spiro atoms. The predicted molar refractivity (Wildman–Crippen MR) is 239 cm³/mol. The van der Waals surface area contributed by atoms with Gasteiger partial charge in [0.1, 0.15) is 51.0 Å². The van der Waals surface area contributed by atoms with Gasteiger partial charge < -0.3 is 30.2 Å². The lowest BCUT2D eigenvalue weighted by molar-refractivity contribution is -0.383. The number of nitrogens with two attached hydrogens (primary N) is 1. The van der Waals surface area contributed by atoms with Gasteiger partial charge in [0, 0.05) is 30.1 Å². The number of pyridine rings is 1. The van der Waals surface area contributed by atoms with Crippen molar-refractivity contribution >= 4 is 57.5 Å². The number of halogens is 10. The van der Waals surface area contributed by atoms with Crippen molar-refractivity contribution in [2.24, 2.45) is 0 Å². The van der Waals surface area contributed by atoms with Gasteiger partial charge in [-0.25, -0.2) is 18.2 Å². The highest BCUT2D eigenvalue weighted by atomic mass is 35.5. The summed E-state index contributed by atoms with van der Waals surface area (Å²) in [6.07, 6.45) is -7.90. The Morgan fingerprint density at radius 3 is 2.10 bits per heavy atom.